The molecule has 0 aromatic heterocycles. The van der Waals surface area contributed by atoms with E-state index in [9.17, 15) is 24.3 Å². The topological polar surface area (TPSA) is 95.0 Å². The molecule has 2 aliphatic rings. The quantitative estimate of drug-likeness (QED) is 0.759. The zero-order chi connectivity index (χ0) is 22.7. The maximum Gasteiger partial charge on any atom is 0.418 e. The van der Waals surface area contributed by atoms with E-state index in [-0.39, 0.29) is 18.4 Å². The predicted molar refractivity (Wildman–Crippen MR) is 114 cm³/mol. The summed E-state index contributed by atoms with van der Waals surface area (Å²) in [6.45, 7) is 7.72. The number of benzene rings is 2. The van der Waals surface area contributed by atoms with E-state index >= 15 is 0 Å². The van der Waals surface area contributed by atoms with Gasteiger partial charge in [0.2, 0.25) is 5.91 Å². The highest BCUT2D eigenvalue weighted by Gasteiger charge is 2.52. The molecule has 4 amide bonds. The number of carbonyl (C=O) groups excluding carboxylic acids is 3. The number of anilines is 1. The summed E-state index contributed by atoms with van der Waals surface area (Å²) in [5.74, 6) is -1.36. The first-order chi connectivity index (χ1) is 14.5. The highest BCUT2D eigenvalue weighted by molar-refractivity contribution is 6.22. The van der Waals surface area contributed by atoms with Crippen LogP contribution in [0.1, 0.15) is 66.0 Å². The minimum Gasteiger partial charge on any atom is -0.464 e. The maximum absolute atomic E-state index is 13.3. The summed E-state index contributed by atoms with van der Waals surface area (Å²) in [6.07, 6.45) is -1.22. The molecule has 2 aromatic rings. The average Bonchev–Trinajstić information content (AvgIpc) is 3.08. The molecule has 31 heavy (non-hydrogen) atoms. The number of carboxylic acid groups (broad SMARTS) is 1. The minimum atomic E-state index is -1.35. The van der Waals surface area contributed by atoms with Crippen LogP contribution in [0, 0.1) is 0 Å². The second-order valence-electron chi connectivity index (χ2n) is 9.26. The molecule has 4 rings (SSSR count). The summed E-state index contributed by atoms with van der Waals surface area (Å²) < 4.78 is 0. The van der Waals surface area contributed by atoms with Crippen molar-refractivity contribution >= 4 is 29.5 Å². The Morgan fingerprint density at radius 1 is 0.968 bits per heavy atom. The van der Waals surface area contributed by atoms with Crippen molar-refractivity contribution in [1.82, 2.24) is 4.90 Å². The molecular formula is C24H24N2O5. The van der Waals surface area contributed by atoms with Gasteiger partial charge >= 0.3 is 6.09 Å². The van der Waals surface area contributed by atoms with E-state index in [1.54, 1.807) is 43.3 Å². The summed E-state index contributed by atoms with van der Waals surface area (Å²) in [5, 5.41) is 9.73. The first-order valence-electron chi connectivity index (χ1n) is 10.1. The zero-order valence-electron chi connectivity index (χ0n) is 17.9. The Morgan fingerprint density at radius 3 is 2.06 bits per heavy atom. The zero-order valence-corrected chi connectivity index (χ0v) is 17.9. The first kappa shape index (κ1) is 20.8. The van der Waals surface area contributed by atoms with Gasteiger partial charge in [-0.25, -0.2) is 9.69 Å². The van der Waals surface area contributed by atoms with Crippen molar-refractivity contribution in [3.63, 3.8) is 0 Å². The van der Waals surface area contributed by atoms with E-state index in [2.05, 4.69) is 0 Å². The SMILES string of the molecule is CC(C)(C)c1cccc2c1C(C)(CCN1C(=O)c3ccccc3C1=O)C(=O)N2C(=O)O. The van der Waals surface area contributed by atoms with Gasteiger partial charge in [-0.1, -0.05) is 45.0 Å². The fraction of sp³-hybridized carbons (Fsp3) is 0.333. The van der Waals surface area contributed by atoms with E-state index in [0.29, 0.717) is 22.4 Å². The minimum absolute atomic E-state index is 0.0139. The summed E-state index contributed by atoms with van der Waals surface area (Å²) in [7, 11) is 0. The van der Waals surface area contributed by atoms with Gasteiger partial charge in [0.05, 0.1) is 22.2 Å². The van der Waals surface area contributed by atoms with E-state index in [1.807, 2.05) is 26.8 Å². The van der Waals surface area contributed by atoms with Crippen molar-refractivity contribution in [2.24, 2.45) is 0 Å². The number of nitrogens with zero attached hydrogens (tertiary/aromatic N) is 2. The number of amides is 4. The second kappa shape index (κ2) is 6.77. The Morgan fingerprint density at radius 2 is 1.55 bits per heavy atom. The Hall–Kier alpha value is -3.48. The van der Waals surface area contributed by atoms with Gasteiger partial charge in [-0.15, -0.1) is 0 Å². The molecule has 0 fully saturated rings. The van der Waals surface area contributed by atoms with Gasteiger partial charge < -0.3 is 5.11 Å². The number of carbonyl (C=O) groups is 4. The largest absolute Gasteiger partial charge is 0.464 e. The molecule has 7 heteroatoms. The van der Waals surface area contributed by atoms with E-state index in [1.165, 1.54) is 0 Å². The molecule has 0 spiro atoms. The molecule has 2 aromatic carbocycles. The molecule has 1 unspecified atom stereocenters. The third kappa shape index (κ3) is 2.95. The lowest BCUT2D eigenvalue weighted by molar-refractivity contribution is -0.122. The number of hydrogen-bond acceptors (Lipinski definition) is 4. The van der Waals surface area contributed by atoms with Crippen LogP contribution < -0.4 is 4.90 Å². The Bertz CT molecular complexity index is 1110. The van der Waals surface area contributed by atoms with E-state index in [0.717, 1.165) is 15.4 Å². The van der Waals surface area contributed by atoms with Gasteiger partial charge in [-0.05, 0) is 48.1 Å². The lowest BCUT2D eigenvalue weighted by Crippen LogP contribution is -2.44. The third-order valence-corrected chi connectivity index (χ3v) is 6.22. The molecule has 160 valence electrons. The smallest absolute Gasteiger partial charge is 0.418 e. The van der Waals surface area contributed by atoms with Crippen LogP contribution in [0.4, 0.5) is 10.5 Å². The van der Waals surface area contributed by atoms with Crippen LogP contribution in [0.5, 0.6) is 0 Å². The van der Waals surface area contributed by atoms with Gasteiger partial charge in [0, 0.05) is 6.54 Å². The van der Waals surface area contributed by atoms with Gasteiger partial charge in [0.1, 0.15) is 0 Å². The monoisotopic (exact) mass is 420 g/mol. The van der Waals surface area contributed by atoms with Crippen molar-refractivity contribution in [2.45, 2.75) is 44.9 Å². The maximum atomic E-state index is 13.3. The normalized spacial score (nSPS) is 20.3. The number of hydrogen-bond donors (Lipinski definition) is 1. The lowest BCUT2D eigenvalue weighted by atomic mass is 9.72. The van der Waals surface area contributed by atoms with Crippen molar-refractivity contribution in [3.8, 4) is 0 Å². The third-order valence-electron chi connectivity index (χ3n) is 6.22. The fourth-order valence-electron chi connectivity index (χ4n) is 4.59. The van der Waals surface area contributed by atoms with Crippen molar-refractivity contribution in [1.29, 1.82) is 0 Å². The van der Waals surface area contributed by atoms with Crippen LogP contribution in [0.25, 0.3) is 0 Å². The molecule has 1 N–H and O–H groups in total. The summed E-state index contributed by atoms with van der Waals surface area (Å²) in [6, 6.07) is 11.9. The highest BCUT2D eigenvalue weighted by Crippen LogP contribution is 2.48. The molecule has 0 aliphatic carbocycles. The Labute approximate surface area is 180 Å². The van der Waals surface area contributed by atoms with Crippen LogP contribution in [0.2, 0.25) is 0 Å². The van der Waals surface area contributed by atoms with Gasteiger partial charge in [0.15, 0.2) is 0 Å². The Balaban J connectivity index is 1.75. The average molecular weight is 420 g/mol. The van der Waals surface area contributed by atoms with Gasteiger partial charge in [-0.2, -0.15) is 0 Å². The van der Waals surface area contributed by atoms with Crippen molar-refractivity contribution < 1.29 is 24.3 Å². The van der Waals surface area contributed by atoms with Crippen LogP contribution in [-0.4, -0.2) is 40.4 Å². The second-order valence-corrected chi connectivity index (χ2v) is 9.26. The first-order valence-corrected chi connectivity index (χ1v) is 10.1. The van der Waals surface area contributed by atoms with Crippen LogP contribution in [0.15, 0.2) is 42.5 Å². The predicted octanol–water partition coefficient (Wildman–Crippen LogP) is 3.95. The molecular weight excluding hydrogens is 396 g/mol. The van der Waals surface area contributed by atoms with Crippen LogP contribution in [0.3, 0.4) is 0 Å². The van der Waals surface area contributed by atoms with E-state index in [4.69, 9.17) is 0 Å². The molecule has 0 saturated carbocycles. The van der Waals surface area contributed by atoms with Crippen molar-refractivity contribution in [2.75, 3.05) is 11.4 Å². The fourth-order valence-corrected chi connectivity index (χ4v) is 4.59. The van der Waals surface area contributed by atoms with Crippen LogP contribution in [-0.2, 0) is 15.6 Å². The highest BCUT2D eigenvalue weighted by atomic mass is 16.4. The number of fused-ring (bicyclic) bond motifs is 2. The molecule has 0 saturated heterocycles. The number of imide groups is 2. The molecule has 2 heterocycles. The van der Waals surface area contributed by atoms with Gasteiger partial charge in [-0.3, -0.25) is 19.3 Å². The summed E-state index contributed by atoms with van der Waals surface area (Å²) in [4.78, 5) is 52.7. The Kier molecular flexibility index (Phi) is 4.54. The molecule has 0 radical (unpaired) electrons. The summed E-state index contributed by atoms with van der Waals surface area (Å²) >= 11 is 0. The lowest BCUT2D eigenvalue weighted by Gasteiger charge is -2.30. The molecule has 7 nitrogen and oxygen atoms in total. The summed E-state index contributed by atoms with van der Waals surface area (Å²) in [5.41, 5.74) is 1.02. The van der Waals surface area contributed by atoms with Crippen molar-refractivity contribution in [3.05, 3.63) is 64.7 Å². The van der Waals surface area contributed by atoms with Crippen LogP contribution >= 0.6 is 0 Å². The molecule has 1 atom stereocenters. The number of rotatable bonds is 3. The van der Waals surface area contributed by atoms with E-state index < -0.39 is 29.2 Å². The molecule has 0 bridgehead atoms. The molecule has 2 aliphatic heterocycles. The van der Waals surface area contributed by atoms with Gasteiger partial charge in [0.25, 0.3) is 11.8 Å². The standard InChI is InChI=1S/C24H24N2O5/c1-23(2,3)16-10-7-11-17-18(16)24(4,21(29)26(17)22(30)31)12-13-25-19(27)14-8-5-6-9-15(14)20(25)28/h5-11H,12-13H2,1-4H3,(H,30,31).